The lowest BCUT2D eigenvalue weighted by atomic mass is 9.87. The van der Waals surface area contributed by atoms with Crippen molar-refractivity contribution in [3.63, 3.8) is 0 Å². The molecule has 1 atom stereocenters. The Hall–Kier alpha value is -2.11. The Morgan fingerprint density at radius 1 is 1.40 bits per heavy atom. The summed E-state index contributed by atoms with van der Waals surface area (Å²) in [5.41, 5.74) is 0.551. The summed E-state index contributed by atoms with van der Waals surface area (Å²) in [5, 5.41) is 8.95. The predicted molar refractivity (Wildman–Crippen MR) is 74.8 cm³/mol. The third kappa shape index (κ3) is 2.74. The Labute approximate surface area is 118 Å². The van der Waals surface area contributed by atoms with Crippen molar-refractivity contribution in [2.45, 2.75) is 6.92 Å². The minimum absolute atomic E-state index is 0.0787. The first-order valence-electron chi connectivity index (χ1n) is 6.55. The van der Waals surface area contributed by atoms with Crippen molar-refractivity contribution in [1.29, 1.82) is 0 Å². The molecule has 1 saturated heterocycles. The minimum atomic E-state index is -0.755. The summed E-state index contributed by atoms with van der Waals surface area (Å²) >= 11 is 0. The van der Waals surface area contributed by atoms with Crippen molar-refractivity contribution in [2.24, 2.45) is 11.8 Å². The summed E-state index contributed by atoms with van der Waals surface area (Å²) in [5.74, 6) is -0.216. The maximum atomic E-state index is 11.7. The Balaban J connectivity index is 1.96. The van der Waals surface area contributed by atoms with Gasteiger partial charge >= 0.3 is 5.97 Å². The molecule has 0 radical (unpaired) electrons. The SMILES string of the molecule is CC(C(=O)O)C1CN(c2ccc(C(=O)N(C)C)cn2)C1. The van der Waals surface area contributed by atoms with Crippen LogP contribution in [0.2, 0.25) is 0 Å². The van der Waals surface area contributed by atoms with Gasteiger partial charge in [0.1, 0.15) is 5.82 Å². The van der Waals surface area contributed by atoms with Crippen molar-refractivity contribution < 1.29 is 14.7 Å². The van der Waals surface area contributed by atoms with E-state index in [0.717, 1.165) is 5.82 Å². The predicted octanol–water partition coefficient (Wildman–Crippen LogP) is 0.940. The third-order valence-electron chi connectivity index (χ3n) is 3.73. The van der Waals surface area contributed by atoms with Crippen molar-refractivity contribution in [2.75, 3.05) is 32.1 Å². The molecule has 0 bridgehead atoms. The van der Waals surface area contributed by atoms with E-state index in [9.17, 15) is 9.59 Å². The average Bonchev–Trinajstić information content (AvgIpc) is 2.36. The minimum Gasteiger partial charge on any atom is -0.481 e. The number of hydrogen-bond donors (Lipinski definition) is 1. The highest BCUT2D eigenvalue weighted by molar-refractivity contribution is 5.93. The fourth-order valence-corrected chi connectivity index (χ4v) is 2.18. The molecule has 2 heterocycles. The maximum absolute atomic E-state index is 11.7. The fraction of sp³-hybridized carbons (Fsp3) is 0.500. The normalized spacial score (nSPS) is 16.4. The highest BCUT2D eigenvalue weighted by Crippen LogP contribution is 2.28. The van der Waals surface area contributed by atoms with E-state index in [0.29, 0.717) is 18.7 Å². The monoisotopic (exact) mass is 277 g/mol. The van der Waals surface area contributed by atoms with Gasteiger partial charge < -0.3 is 14.9 Å². The van der Waals surface area contributed by atoms with Crippen LogP contribution in [0.4, 0.5) is 5.82 Å². The lowest BCUT2D eigenvalue weighted by Crippen LogP contribution is -2.51. The van der Waals surface area contributed by atoms with Crippen molar-refractivity contribution in [1.82, 2.24) is 9.88 Å². The summed E-state index contributed by atoms with van der Waals surface area (Å²) in [7, 11) is 3.40. The van der Waals surface area contributed by atoms with Gasteiger partial charge in [0.05, 0.1) is 11.5 Å². The van der Waals surface area contributed by atoms with Gasteiger partial charge in [-0.2, -0.15) is 0 Å². The summed E-state index contributed by atoms with van der Waals surface area (Å²) < 4.78 is 0. The van der Waals surface area contributed by atoms with E-state index in [4.69, 9.17) is 5.11 Å². The smallest absolute Gasteiger partial charge is 0.306 e. The van der Waals surface area contributed by atoms with Gasteiger partial charge in [0.15, 0.2) is 0 Å². The Kier molecular flexibility index (Phi) is 3.92. The van der Waals surface area contributed by atoms with E-state index < -0.39 is 5.97 Å². The molecule has 0 aromatic carbocycles. The molecule has 1 aliphatic heterocycles. The Morgan fingerprint density at radius 3 is 2.50 bits per heavy atom. The molecule has 20 heavy (non-hydrogen) atoms. The molecule has 6 nitrogen and oxygen atoms in total. The van der Waals surface area contributed by atoms with Gasteiger partial charge in [-0.1, -0.05) is 6.92 Å². The van der Waals surface area contributed by atoms with Crippen molar-refractivity contribution >= 4 is 17.7 Å². The first-order chi connectivity index (χ1) is 9.40. The second-order valence-corrected chi connectivity index (χ2v) is 5.40. The van der Waals surface area contributed by atoms with Crippen LogP contribution >= 0.6 is 0 Å². The van der Waals surface area contributed by atoms with Crippen LogP contribution in [0.15, 0.2) is 18.3 Å². The second-order valence-electron chi connectivity index (χ2n) is 5.40. The van der Waals surface area contributed by atoms with Crippen LogP contribution < -0.4 is 4.90 Å². The molecule has 1 aromatic rings. The number of rotatable bonds is 4. The fourth-order valence-electron chi connectivity index (χ4n) is 2.18. The highest BCUT2D eigenvalue weighted by Gasteiger charge is 2.35. The zero-order valence-electron chi connectivity index (χ0n) is 11.9. The second kappa shape index (κ2) is 5.48. The van der Waals surface area contributed by atoms with Crippen LogP contribution in [0.5, 0.6) is 0 Å². The molecule has 1 N–H and O–H groups in total. The number of aromatic nitrogens is 1. The first-order valence-corrected chi connectivity index (χ1v) is 6.55. The molecular formula is C14H19N3O3. The average molecular weight is 277 g/mol. The zero-order chi connectivity index (χ0) is 14.9. The van der Waals surface area contributed by atoms with Crippen LogP contribution in [-0.2, 0) is 4.79 Å². The molecule has 1 amide bonds. The van der Waals surface area contributed by atoms with E-state index >= 15 is 0 Å². The van der Waals surface area contributed by atoms with Gasteiger partial charge in [-0.25, -0.2) is 4.98 Å². The van der Waals surface area contributed by atoms with E-state index in [1.165, 1.54) is 4.90 Å². The standard InChI is InChI=1S/C14H19N3O3/c1-9(14(19)20)11-7-17(8-11)12-5-4-10(6-15-12)13(18)16(2)3/h4-6,9,11H,7-8H2,1-3H3,(H,19,20). The van der Waals surface area contributed by atoms with Gasteiger partial charge in [-0.3, -0.25) is 9.59 Å². The number of anilines is 1. The molecule has 0 aliphatic carbocycles. The topological polar surface area (TPSA) is 73.7 Å². The molecule has 0 spiro atoms. The van der Waals surface area contributed by atoms with Gasteiger partial charge in [-0.15, -0.1) is 0 Å². The lowest BCUT2D eigenvalue weighted by Gasteiger charge is -2.42. The molecular weight excluding hydrogens is 258 g/mol. The molecule has 2 rings (SSSR count). The van der Waals surface area contributed by atoms with Crippen LogP contribution in [0.25, 0.3) is 0 Å². The molecule has 1 fully saturated rings. The maximum Gasteiger partial charge on any atom is 0.306 e. The van der Waals surface area contributed by atoms with Gasteiger partial charge in [0, 0.05) is 39.3 Å². The molecule has 1 aliphatic rings. The van der Waals surface area contributed by atoms with Crippen molar-refractivity contribution in [3.05, 3.63) is 23.9 Å². The summed E-state index contributed by atoms with van der Waals surface area (Å²) in [6.45, 7) is 3.12. The van der Waals surface area contributed by atoms with Gasteiger partial charge in [-0.05, 0) is 12.1 Å². The highest BCUT2D eigenvalue weighted by atomic mass is 16.4. The molecule has 108 valence electrons. The summed E-state index contributed by atoms with van der Waals surface area (Å²) in [6, 6.07) is 3.55. The lowest BCUT2D eigenvalue weighted by molar-refractivity contribution is -0.143. The number of carboxylic acids is 1. The van der Waals surface area contributed by atoms with E-state index in [-0.39, 0.29) is 17.7 Å². The Bertz CT molecular complexity index is 507. The van der Waals surface area contributed by atoms with E-state index in [2.05, 4.69) is 4.98 Å². The Morgan fingerprint density at radius 2 is 2.05 bits per heavy atom. The van der Waals surface area contributed by atoms with Crippen LogP contribution in [-0.4, -0.2) is 54.1 Å². The number of nitrogens with zero attached hydrogens (tertiary/aromatic N) is 3. The number of carbonyl (C=O) groups is 2. The number of carboxylic acid groups (broad SMARTS) is 1. The number of amides is 1. The summed E-state index contributed by atoms with van der Waals surface area (Å²) in [4.78, 5) is 30.4. The first kappa shape index (κ1) is 14.3. The summed E-state index contributed by atoms with van der Waals surface area (Å²) in [6.07, 6.45) is 1.56. The number of aliphatic carboxylic acids is 1. The zero-order valence-corrected chi connectivity index (χ0v) is 11.9. The number of pyridine rings is 1. The van der Waals surface area contributed by atoms with Gasteiger partial charge in [0.2, 0.25) is 0 Å². The number of carbonyl (C=O) groups excluding carboxylic acids is 1. The molecule has 1 aromatic heterocycles. The van der Waals surface area contributed by atoms with Crippen LogP contribution in [0, 0.1) is 11.8 Å². The molecule has 6 heteroatoms. The quantitative estimate of drug-likeness (QED) is 0.886. The molecule has 0 saturated carbocycles. The van der Waals surface area contributed by atoms with Crippen LogP contribution in [0.1, 0.15) is 17.3 Å². The third-order valence-corrected chi connectivity index (χ3v) is 3.73. The largest absolute Gasteiger partial charge is 0.481 e. The van der Waals surface area contributed by atoms with Crippen molar-refractivity contribution in [3.8, 4) is 0 Å². The molecule has 1 unspecified atom stereocenters. The van der Waals surface area contributed by atoms with E-state index in [1.54, 1.807) is 39.3 Å². The van der Waals surface area contributed by atoms with E-state index in [1.807, 2.05) is 4.90 Å². The van der Waals surface area contributed by atoms with Crippen LogP contribution in [0.3, 0.4) is 0 Å². The van der Waals surface area contributed by atoms with Gasteiger partial charge in [0.25, 0.3) is 5.91 Å². The number of hydrogen-bond acceptors (Lipinski definition) is 4.